The van der Waals surface area contributed by atoms with Crippen LogP contribution in [0.25, 0.3) is 0 Å². The second-order valence-electron chi connectivity index (χ2n) is 3.95. The van der Waals surface area contributed by atoms with Crippen molar-refractivity contribution in [3.05, 3.63) is 29.3 Å². The molecule has 2 rings (SSSR count). The number of anilines is 1. The van der Waals surface area contributed by atoms with Gasteiger partial charge in [0, 0.05) is 0 Å². The number of hydrogen-bond donors (Lipinski definition) is 1. The highest BCUT2D eigenvalue weighted by molar-refractivity contribution is 6.65. The fraction of sp³-hybridized carbons (Fsp3) is 0.250. The van der Waals surface area contributed by atoms with Gasteiger partial charge >= 0.3 is 5.97 Å². The molecule has 1 aromatic carbocycles. The Morgan fingerprint density at radius 1 is 1.41 bits per heavy atom. The van der Waals surface area contributed by atoms with Gasteiger partial charge in [0.2, 0.25) is 11.5 Å². The molecule has 0 unspecified atom stereocenters. The third-order valence-electron chi connectivity index (χ3n) is 2.83. The molecular weight excluding hydrogens is 220 g/mol. The summed E-state index contributed by atoms with van der Waals surface area (Å²) >= 11 is 0. The van der Waals surface area contributed by atoms with E-state index in [1.807, 2.05) is 32.0 Å². The average molecular weight is 232 g/mol. The molecule has 0 atom stereocenters. The summed E-state index contributed by atoms with van der Waals surface area (Å²) in [6.07, 6.45) is 0. The summed E-state index contributed by atoms with van der Waals surface area (Å²) in [4.78, 5) is 22.2. The molecule has 1 aliphatic heterocycles. The second-order valence-corrected chi connectivity index (χ2v) is 3.95. The first kappa shape index (κ1) is 11.3. The molecule has 5 heteroatoms. The normalized spacial score (nSPS) is 15.1. The number of ketones is 1. The number of carbonyl (C=O) groups is 2. The van der Waals surface area contributed by atoms with E-state index in [9.17, 15) is 9.59 Å². The van der Waals surface area contributed by atoms with Crippen molar-refractivity contribution < 1.29 is 14.7 Å². The van der Waals surface area contributed by atoms with Crippen LogP contribution in [0.1, 0.15) is 11.1 Å². The zero-order valence-corrected chi connectivity index (χ0v) is 9.60. The predicted molar refractivity (Wildman–Crippen MR) is 63.3 cm³/mol. The standard InChI is InChI=1S/C12H12N2O3/c1-7-4-3-5-9(8(7)2)14-6-10(15)11(13-14)12(16)17/h3-5H,6H2,1-2H3,(H,16,17). The van der Waals surface area contributed by atoms with Gasteiger partial charge in [0.05, 0.1) is 5.69 Å². The van der Waals surface area contributed by atoms with Gasteiger partial charge < -0.3 is 5.11 Å². The van der Waals surface area contributed by atoms with E-state index in [0.717, 1.165) is 16.8 Å². The van der Waals surface area contributed by atoms with Crippen LogP contribution in [-0.2, 0) is 9.59 Å². The van der Waals surface area contributed by atoms with Crippen molar-refractivity contribution >= 4 is 23.2 Å². The first-order valence-electron chi connectivity index (χ1n) is 5.19. The molecule has 0 spiro atoms. The zero-order valence-electron chi connectivity index (χ0n) is 9.60. The van der Waals surface area contributed by atoms with E-state index in [1.165, 1.54) is 5.01 Å². The number of nitrogens with zero attached hydrogens (tertiary/aromatic N) is 2. The molecule has 1 heterocycles. The van der Waals surface area contributed by atoms with Gasteiger partial charge in [-0.1, -0.05) is 12.1 Å². The number of rotatable bonds is 2. The number of aryl methyl sites for hydroxylation is 1. The van der Waals surface area contributed by atoms with E-state index >= 15 is 0 Å². The van der Waals surface area contributed by atoms with Gasteiger partial charge in [0.1, 0.15) is 6.54 Å². The topological polar surface area (TPSA) is 70.0 Å². The number of hydrazone groups is 1. The molecule has 0 radical (unpaired) electrons. The smallest absolute Gasteiger partial charge is 0.360 e. The number of carbonyl (C=O) groups excluding carboxylic acids is 1. The van der Waals surface area contributed by atoms with Crippen LogP contribution in [-0.4, -0.2) is 29.1 Å². The molecule has 88 valence electrons. The van der Waals surface area contributed by atoms with Crippen LogP contribution in [0, 0.1) is 13.8 Å². The molecule has 5 nitrogen and oxygen atoms in total. The molecule has 1 aliphatic rings. The average Bonchev–Trinajstić information content (AvgIpc) is 2.64. The zero-order chi connectivity index (χ0) is 12.6. The Labute approximate surface area is 98.4 Å². The lowest BCUT2D eigenvalue weighted by Crippen LogP contribution is -2.23. The predicted octanol–water partition coefficient (Wildman–Crippen LogP) is 1.13. The lowest BCUT2D eigenvalue weighted by Gasteiger charge is -2.16. The maximum atomic E-state index is 11.4. The Morgan fingerprint density at radius 2 is 2.12 bits per heavy atom. The van der Waals surface area contributed by atoms with Crippen molar-refractivity contribution in [2.45, 2.75) is 13.8 Å². The summed E-state index contributed by atoms with van der Waals surface area (Å²) < 4.78 is 0. The van der Waals surface area contributed by atoms with Crippen molar-refractivity contribution in [2.24, 2.45) is 5.10 Å². The van der Waals surface area contributed by atoms with Gasteiger partial charge in [-0.25, -0.2) is 4.79 Å². The van der Waals surface area contributed by atoms with Crippen molar-refractivity contribution in [2.75, 3.05) is 11.6 Å². The van der Waals surface area contributed by atoms with Crippen molar-refractivity contribution in [3.63, 3.8) is 0 Å². The fourth-order valence-electron chi connectivity index (χ4n) is 1.74. The molecule has 1 aromatic rings. The summed E-state index contributed by atoms with van der Waals surface area (Å²) in [5, 5.41) is 14.1. The Kier molecular flexibility index (Phi) is 2.67. The van der Waals surface area contributed by atoms with Crippen LogP contribution in [0.15, 0.2) is 23.3 Å². The first-order chi connectivity index (χ1) is 8.00. The summed E-state index contributed by atoms with van der Waals surface area (Å²) in [5.74, 6) is -1.73. The molecule has 0 saturated carbocycles. The number of benzene rings is 1. The van der Waals surface area contributed by atoms with Crippen LogP contribution >= 0.6 is 0 Å². The third-order valence-corrected chi connectivity index (χ3v) is 2.83. The van der Waals surface area contributed by atoms with Crippen molar-refractivity contribution in [3.8, 4) is 0 Å². The molecule has 0 aromatic heterocycles. The van der Waals surface area contributed by atoms with Crippen molar-refractivity contribution in [1.82, 2.24) is 0 Å². The number of Topliss-reactive ketones (excluding diaryl/α,β-unsaturated/α-hetero) is 1. The van der Waals surface area contributed by atoms with Gasteiger partial charge in [-0.05, 0) is 31.0 Å². The summed E-state index contributed by atoms with van der Waals surface area (Å²) in [6.45, 7) is 3.87. The van der Waals surface area contributed by atoms with E-state index in [-0.39, 0.29) is 6.54 Å². The number of aliphatic carboxylic acids is 1. The Balaban J connectivity index is 2.41. The minimum absolute atomic E-state index is 0.00801. The SMILES string of the molecule is Cc1cccc(N2CC(=O)C(C(=O)O)=N2)c1C. The van der Waals surface area contributed by atoms with Gasteiger partial charge in [0.15, 0.2) is 0 Å². The van der Waals surface area contributed by atoms with Gasteiger partial charge in [-0.2, -0.15) is 5.10 Å². The summed E-state index contributed by atoms with van der Waals surface area (Å²) in [7, 11) is 0. The van der Waals surface area contributed by atoms with Crippen LogP contribution in [0.3, 0.4) is 0 Å². The Hall–Kier alpha value is -2.17. The molecule has 0 fully saturated rings. The molecule has 17 heavy (non-hydrogen) atoms. The summed E-state index contributed by atoms with van der Waals surface area (Å²) in [5.41, 5.74) is 2.45. The minimum Gasteiger partial charge on any atom is -0.476 e. The lowest BCUT2D eigenvalue weighted by atomic mass is 10.1. The highest BCUT2D eigenvalue weighted by Crippen LogP contribution is 2.24. The maximum absolute atomic E-state index is 11.4. The van der Waals surface area contributed by atoms with Gasteiger partial charge in [-0.15, -0.1) is 0 Å². The fourth-order valence-corrected chi connectivity index (χ4v) is 1.74. The van der Waals surface area contributed by atoms with Crippen LogP contribution in [0.4, 0.5) is 5.69 Å². The molecule has 0 amide bonds. The van der Waals surface area contributed by atoms with Crippen LogP contribution in [0.2, 0.25) is 0 Å². The number of hydrogen-bond acceptors (Lipinski definition) is 4. The molecule has 0 aliphatic carbocycles. The monoisotopic (exact) mass is 232 g/mol. The van der Waals surface area contributed by atoms with E-state index in [1.54, 1.807) is 0 Å². The number of carboxylic acids is 1. The highest BCUT2D eigenvalue weighted by Gasteiger charge is 2.30. The summed E-state index contributed by atoms with van der Waals surface area (Å²) in [6, 6.07) is 5.64. The first-order valence-corrected chi connectivity index (χ1v) is 5.19. The third kappa shape index (κ3) is 1.91. The molecule has 1 N–H and O–H groups in total. The van der Waals surface area contributed by atoms with Crippen LogP contribution < -0.4 is 5.01 Å². The minimum atomic E-state index is -1.28. The highest BCUT2D eigenvalue weighted by atomic mass is 16.4. The van der Waals surface area contributed by atoms with E-state index < -0.39 is 17.5 Å². The van der Waals surface area contributed by atoms with E-state index in [2.05, 4.69) is 5.10 Å². The molecular formula is C12H12N2O3. The van der Waals surface area contributed by atoms with Gasteiger partial charge in [0.25, 0.3) is 0 Å². The number of carboxylic acid groups (broad SMARTS) is 1. The maximum Gasteiger partial charge on any atom is 0.360 e. The molecule has 0 saturated heterocycles. The van der Waals surface area contributed by atoms with E-state index in [0.29, 0.717) is 0 Å². The van der Waals surface area contributed by atoms with Gasteiger partial charge in [-0.3, -0.25) is 9.80 Å². The molecule has 0 bridgehead atoms. The Bertz CT molecular complexity index is 535. The van der Waals surface area contributed by atoms with Crippen LogP contribution in [0.5, 0.6) is 0 Å². The quantitative estimate of drug-likeness (QED) is 0.829. The van der Waals surface area contributed by atoms with E-state index in [4.69, 9.17) is 5.11 Å². The Morgan fingerprint density at radius 3 is 2.71 bits per heavy atom. The lowest BCUT2D eigenvalue weighted by molar-refractivity contribution is -0.130. The second kappa shape index (κ2) is 4.01. The largest absolute Gasteiger partial charge is 0.476 e. The van der Waals surface area contributed by atoms with Crippen molar-refractivity contribution in [1.29, 1.82) is 0 Å².